The van der Waals surface area contributed by atoms with Gasteiger partial charge in [-0.1, -0.05) is 0 Å². The molecule has 76 valence electrons. The van der Waals surface area contributed by atoms with Crippen molar-refractivity contribution in [2.24, 2.45) is 5.41 Å². The Morgan fingerprint density at radius 2 is 2.29 bits per heavy atom. The van der Waals surface area contributed by atoms with Gasteiger partial charge in [-0.15, -0.1) is 0 Å². The summed E-state index contributed by atoms with van der Waals surface area (Å²) in [5.74, 6) is 1.15. The Hall–Kier alpha value is -0.760. The summed E-state index contributed by atoms with van der Waals surface area (Å²) in [6.07, 6.45) is 8.41. The van der Waals surface area contributed by atoms with E-state index < -0.39 is 0 Å². The fraction of sp³-hybridized carbons (Fsp3) is 0.667. The molecule has 2 aliphatic rings. The van der Waals surface area contributed by atoms with Crippen molar-refractivity contribution in [1.29, 1.82) is 0 Å². The molecule has 0 radical (unpaired) electrons. The fourth-order valence-corrected chi connectivity index (χ4v) is 2.02. The minimum absolute atomic E-state index is 0.542. The highest BCUT2D eigenvalue weighted by Gasteiger charge is 2.43. The molecule has 2 nitrogen and oxygen atoms in total. The Balaban J connectivity index is 1.54. The predicted molar refractivity (Wildman–Crippen MR) is 55.1 cm³/mol. The van der Waals surface area contributed by atoms with Crippen LogP contribution in [0.25, 0.3) is 0 Å². The van der Waals surface area contributed by atoms with Gasteiger partial charge in [0.1, 0.15) is 5.76 Å². The lowest BCUT2D eigenvalue weighted by Crippen LogP contribution is -2.27. The summed E-state index contributed by atoms with van der Waals surface area (Å²) in [5, 5.41) is 3.63. The zero-order valence-corrected chi connectivity index (χ0v) is 8.46. The van der Waals surface area contributed by atoms with E-state index in [0.717, 1.165) is 18.2 Å². The van der Waals surface area contributed by atoms with Gasteiger partial charge >= 0.3 is 0 Å². The van der Waals surface area contributed by atoms with Gasteiger partial charge in [0.2, 0.25) is 0 Å². The second kappa shape index (κ2) is 3.13. The molecule has 0 unspecified atom stereocenters. The monoisotopic (exact) mass is 191 g/mol. The van der Waals surface area contributed by atoms with Crippen LogP contribution in [0.4, 0.5) is 0 Å². The van der Waals surface area contributed by atoms with Crippen molar-refractivity contribution in [3.8, 4) is 0 Å². The average molecular weight is 191 g/mol. The number of hydrogen-bond donors (Lipinski definition) is 1. The number of furan rings is 1. The third-order valence-corrected chi connectivity index (χ3v) is 3.43. The van der Waals surface area contributed by atoms with Crippen molar-refractivity contribution in [2.45, 2.75) is 38.1 Å². The van der Waals surface area contributed by atoms with E-state index in [1.807, 2.05) is 6.07 Å². The standard InChI is InChI=1S/C12H17NO/c1-2-11(14-7-1)8-12(5-6-12)9-13-10-3-4-10/h1-2,7,10,13H,3-6,8-9H2. The summed E-state index contributed by atoms with van der Waals surface area (Å²) < 4.78 is 5.40. The largest absolute Gasteiger partial charge is 0.469 e. The zero-order chi connectivity index (χ0) is 9.43. The molecule has 0 aromatic carbocycles. The maximum atomic E-state index is 5.40. The van der Waals surface area contributed by atoms with E-state index in [1.54, 1.807) is 6.26 Å². The molecule has 2 aliphatic carbocycles. The molecule has 3 rings (SSSR count). The molecular formula is C12H17NO. The van der Waals surface area contributed by atoms with Gasteiger partial charge in [0, 0.05) is 19.0 Å². The van der Waals surface area contributed by atoms with Gasteiger partial charge in [-0.05, 0) is 43.2 Å². The van der Waals surface area contributed by atoms with Gasteiger partial charge in [-0.3, -0.25) is 0 Å². The lowest BCUT2D eigenvalue weighted by Gasteiger charge is -2.13. The Morgan fingerprint density at radius 1 is 1.43 bits per heavy atom. The molecule has 2 fully saturated rings. The Labute approximate surface area is 84.7 Å². The molecule has 0 aliphatic heterocycles. The van der Waals surface area contributed by atoms with Crippen LogP contribution in [-0.4, -0.2) is 12.6 Å². The van der Waals surface area contributed by atoms with Gasteiger partial charge in [0.05, 0.1) is 6.26 Å². The quantitative estimate of drug-likeness (QED) is 0.773. The first-order valence-corrected chi connectivity index (χ1v) is 5.62. The van der Waals surface area contributed by atoms with Gasteiger partial charge < -0.3 is 9.73 Å². The molecule has 0 saturated heterocycles. The van der Waals surface area contributed by atoms with E-state index in [0.29, 0.717) is 5.41 Å². The minimum Gasteiger partial charge on any atom is -0.469 e. The van der Waals surface area contributed by atoms with Crippen LogP contribution in [0.2, 0.25) is 0 Å². The topological polar surface area (TPSA) is 25.2 Å². The lowest BCUT2D eigenvalue weighted by atomic mass is 10.0. The van der Waals surface area contributed by atoms with Gasteiger partial charge in [-0.2, -0.15) is 0 Å². The first-order chi connectivity index (χ1) is 6.86. The fourth-order valence-electron chi connectivity index (χ4n) is 2.02. The van der Waals surface area contributed by atoms with Crippen molar-refractivity contribution in [3.05, 3.63) is 24.2 Å². The number of rotatable bonds is 5. The second-order valence-corrected chi connectivity index (χ2v) is 4.91. The van der Waals surface area contributed by atoms with Gasteiger partial charge in [0.25, 0.3) is 0 Å². The maximum Gasteiger partial charge on any atom is 0.104 e. The molecule has 0 atom stereocenters. The second-order valence-electron chi connectivity index (χ2n) is 4.91. The van der Waals surface area contributed by atoms with Crippen molar-refractivity contribution in [2.75, 3.05) is 6.54 Å². The van der Waals surface area contributed by atoms with E-state index >= 15 is 0 Å². The highest BCUT2D eigenvalue weighted by atomic mass is 16.3. The van der Waals surface area contributed by atoms with Gasteiger partial charge in [0.15, 0.2) is 0 Å². The van der Waals surface area contributed by atoms with Crippen LogP contribution < -0.4 is 5.32 Å². The third kappa shape index (κ3) is 1.85. The van der Waals surface area contributed by atoms with Crippen LogP contribution >= 0.6 is 0 Å². The van der Waals surface area contributed by atoms with Crippen LogP contribution in [-0.2, 0) is 6.42 Å². The average Bonchev–Trinajstić information content (AvgIpc) is 3.07. The summed E-state index contributed by atoms with van der Waals surface area (Å²) in [4.78, 5) is 0. The minimum atomic E-state index is 0.542. The van der Waals surface area contributed by atoms with Crippen molar-refractivity contribution >= 4 is 0 Å². The Bertz CT molecular complexity index is 296. The Morgan fingerprint density at radius 3 is 2.86 bits per heavy atom. The normalized spacial score (nSPS) is 23.7. The van der Waals surface area contributed by atoms with Crippen LogP contribution in [0.15, 0.2) is 22.8 Å². The van der Waals surface area contributed by atoms with Crippen LogP contribution in [0, 0.1) is 5.41 Å². The smallest absolute Gasteiger partial charge is 0.104 e. The molecule has 1 heterocycles. The first kappa shape index (κ1) is 8.54. The third-order valence-electron chi connectivity index (χ3n) is 3.43. The molecule has 1 N–H and O–H groups in total. The molecule has 1 aromatic rings. The molecular weight excluding hydrogens is 174 g/mol. The predicted octanol–water partition coefficient (Wildman–Crippen LogP) is 2.35. The summed E-state index contributed by atoms with van der Waals surface area (Å²) in [7, 11) is 0. The molecule has 0 bridgehead atoms. The maximum absolute atomic E-state index is 5.40. The SMILES string of the molecule is c1coc(CC2(CNC3CC3)CC2)c1. The van der Waals surface area contributed by atoms with E-state index in [2.05, 4.69) is 11.4 Å². The number of nitrogens with one attached hydrogen (secondary N) is 1. The molecule has 2 saturated carbocycles. The van der Waals surface area contributed by atoms with Crippen molar-refractivity contribution < 1.29 is 4.42 Å². The highest BCUT2D eigenvalue weighted by molar-refractivity contribution is 5.08. The first-order valence-electron chi connectivity index (χ1n) is 5.62. The molecule has 14 heavy (non-hydrogen) atoms. The van der Waals surface area contributed by atoms with Crippen molar-refractivity contribution in [1.82, 2.24) is 5.32 Å². The van der Waals surface area contributed by atoms with Crippen LogP contribution in [0.3, 0.4) is 0 Å². The summed E-state index contributed by atoms with van der Waals surface area (Å²) in [6.45, 7) is 1.19. The van der Waals surface area contributed by atoms with Gasteiger partial charge in [-0.25, -0.2) is 0 Å². The summed E-state index contributed by atoms with van der Waals surface area (Å²) in [5.41, 5.74) is 0.542. The van der Waals surface area contributed by atoms with Crippen LogP contribution in [0.5, 0.6) is 0 Å². The zero-order valence-electron chi connectivity index (χ0n) is 8.46. The molecule has 2 heteroatoms. The van der Waals surface area contributed by atoms with E-state index in [9.17, 15) is 0 Å². The molecule has 0 spiro atoms. The van der Waals surface area contributed by atoms with E-state index in [4.69, 9.17) is 4.42 Å². The van der Waals surface area contributed by atoms with Crippen LogP contribution in [0.1, 0.15) is 31.4 Å². The van der Waals surface area contributed by atoms with Crippen molar-refractivity contribution in [3.63, 3.8) is 0 Å². The number of hydrogen-bond acceptors (Lipinski definition) is 2. The Kier molecular flexibility index (Phi) is 1.91. The van der Waals surface area contributed by atoms with E-state index in [-0.39, 0.29) is 0 Å². The summed E-state index contributed by atoms with van der Waals surface area (Å²) >= 11 is 0. The lowest BCUT2D eigenvalue weighted by molar-refractivity contribution is 0.400. The summed E-state index contributed by atoms with van der Waals surface area (Å²) in [6, 6.07) is 4.92. The van der Waals surface area contributed by atoms with E-state index in [1.165, 1.54) is 32.2 Å². The highest BCUT2D eigenvalue weighted by Crippen LogP contribution is 2.48. The molecule has 1 aromatic heterocycles. The molecule has 0 amide bonds.